The van der Waals surface area contributed by atoms with Crippen LogP contribution in [0.25, 0.3) is 21.9 Å². The normalized spacial score (nSPS) is 15.4. The molecule has 60 heavy (non-hydrogen) atoms. The van der Waals surface area contributed by atoms with Crippen molar-refractivity contribution in [3.05, 3.63) is 82.0 Å². The molecule has 0 aliphatic carbocycles. The molecular formula is C43H49N7O10. The van der Waals surface area contributed by atoms with E-state index in [1.807, 2.05) is 12.1 Å². The van der Waals surface area contributed by atoms with E-state index in [1.165, 1.54) is 25.0 Å². The van der Waals surface area contributed by atoms with Crippen molar-refractivity contribution < 1.29 is 43.3 Å². The zero-order valence-corrected chi connectivity index (χ0v) is 33.8. The van der Waals surface area contributed by atoms with E-state index in [-0.39, 0.29) is 36.1 Å². The van der Waals surface area contributed by atoms with Gasteiger partial charge in [0, 0.05) is 68.5 Å². The highest BCUT2D eigenvalue weighted by Gasteiger charge is 2.45. The Kier molecular flexibility index (Phi) is 13.9. The Bertz CT molecular complexity index is 2350. The van der Waals surface area contributed by atoms with E-state index in [0.29, 0.717) is 54.1 Å². The smallest absolute Gasteiger partial charge is 0.330 e. The lowest BCUT2D eigenvalue weighted by Crippen LogP contribution is -2.54. The van der Waals surface area contributed by atoms with Crippen LogP contribution in [0, 0.1) is 0 Å². The van der Waals surface area contributed by atoms with Crippen molar-refractivity contribution in [2.24, 2.45) is 7.05 Å². The number of aromatic nitrogens is 2. The van der Waals surface area contributed by atoms with Crippen molar-refractivity contribution in [2.45, 2.75) is 69.9 Å². The minimum absolute atomic E-state index is 0.0534. The monoisotopic (exact) mass is 823 g/mol. The molecule has 5 N–H and O–H groups in total. The minimum atomic E-state index is -1.46. The molecule has 0 spiro atoms. The number of fused-ring (bicyclic) bond motifs is 2. The van der Waals surface area contributed by atoms with Crippen LogP contribution in [0.2, 0.25) is 0 Å². The number of benzene rings is 2. The molecule has 1 fully saturated rings. The van der Waals surface area contributed by atoms with Crippen molar-refractivity contribution in [2.75, 3.05) is 39.2 Å². The fourth-order valence-electron chi connectivity index (χ4n) is 7.72. The number of amides is 5. The van der Waals surface area contributed by atoms with Crippen molar-refractivity contribution in [3.63, 3.8) is 0 Å². The lowest BCUT2D eigenvalue weighted by atomic mass is 9.98. The van der Waals surface area contributed by atoms with E-state index in [2.05, 4.69) is 26.3 Å². The zero-order valence-electron chi connectivity index (χ0n) is 33.8. The highest BCUT2D eigenvalue weighted by atomic mass is 16.5. The van der Waals surface area contributed by atoms with Gasteiger partial charge in [0.25, 0.3) is 17.4 Å². The van der Waals surface area contributed by atoms with Crippen LogP contribution in [0.4, 0.5) is 5.69 Å². The maximum Gasteiger partial charge on any atom is 0.330 e. The molecule has 316 valence electrons. The summed E-state index contributed by atoms with van der Waals surface area (Å²) in [6, 6.07) is 7.93. The standard InChI is InChI=1S/C43H49N7O10/c1-49-24-30(26-15-19-44-23-29(26)40(49)54)25-21-33(59-2)27(34(22-25)60-3)16-20-46-37(43(57)58)39(53)47-18-9-7-5-4-6-8-17-45-31-12-10-11-28-36(31)42(56)50(41(28)55)32-13-14-35(51)48-38(32)52/h10-12,15,19,21-24,32,37,45-46H,4-9,13-14,16-18,20H2,1-3H3,(H,47,53)(H,57,58)(H,48,51,52). The fourth-order valence-corrected chi connectivity index (χ4v) is 7.72. The number of ether oxygens (including phenoxy) is 2. The molecule has 4 aromatic rings. The highest BCUT2D eigenvalue weighted by Crippen LogP contribution is 2.37. The molecule has 2 aromatic heterocycles. The number of methoxy groups -OCH3 is 2. The van der Waals surface area contributed by atoms with Crippen molar-refractivity contribution >= 4 is 52.0 Å². The molecule has 0 bridgehead atoms. The van der Waals surface area contributed by atoms with Crippen LogP contribution < -0.4 is 36.3 Å². The van der Waals surface area contributed by atoms with Crippen LogP contribution >= 0.6 is 0 Å². The number of aliphatic carboxylic acids is 1. The molecule has 6 rings (SSSR count). The van der Waals surface area contributed by atoms with Gasteiger partial charge in [-0.1, -0.05) is 31.7 Å². The SMILES string of the molecule is COc1cc(-c2cn(C)c(=O)c3cnccc23)cc(OC)c1CCNC(C(=O)O)C(=O)NCCCCCCCCNc1cccc2c1C(=O)N(C1CCC(=O)NC1=O)C2=O. The topological polar surface area (TPSA) is 227 Å². The Morgan fingerprint density at radius 1 is 0.900 bits per heavy atom. The van der Waals surface area contributed by atoms with Crippen LogP contribution in [0.5, 0.6) is 11.5 Å². The van der Waals surface area contributed by atoms with Crippen LogP contribution in [-0.2, 0) is 32.6 Å². The summed E-state index contributed by atoms with van der Waals surface area (Å²) in [5.74, 6) is -3.10. The second kappa shape index (κ2) is 19.4. The molecule has 5 amide bonds. The summed E-state index contributed by atoms with van der Waals surface area (Å²) < 4.78 is 12.9. The third kappa shape index (κ3) is 9.31. The van der Waals surface area contributed by atoms with Gasteiger partial charge in [-0.25, -0.2) is 4.79 Å². The second-order valence-corrected chi connectivity index (χ2v) is 14.7. The van der Waals surface area contributed by atoms with Gasteiger partial charge in [-0.2, -0.15) is 0 Å². The molecule has 2 atom stereocenters. The number of carbonyl (C=O) groups excluding carboxylic acids is 5. The Morgan fingerprint density at radius 3 is 2.28 bits per heavy atom. The van der Waals surface area contributed by atoms with Gasteiger partial charge < -0.3 is 29.8 Å². The molecular weight excluding hydrogens is 775 g/mol. The van der Waals surface area contributed by atoms with Crippen LogP contribution in [0.15, 0.2) is 59.8 Å². The van der Waals surface area contributed by atoms with Gasteiger partial charge in [0.15, 0.2) is 6.04 Å². The average molecular weight is 824 g/mol. The number of unbranched alkanes of at least 4 members (excludes halogenated alkanes) is 5. The molecule has 17 heteroatoms. The van der Waals surface area contributed by atoms with E-state index >= 15 is 0 Å². The molecule has 2 aliphatic rings. The molecule has 2 unspecified atom stereocenters. The molecule has 2 aromatic carbocycles. The number of hydrogen-bond donors (Lipinski definition) is 5. The van der Waals surface area contributed by atoms with Crippen molar-refractivity contribution in [1.29, 1.82) is 0 Å². The number of piperidine rings is 1. The second-order valence-electron chi connectivity index (χ2n) is 14.7. The third-order valence-electron chi connectivity index (χ3n) is 10.8. The van der Waals surface area contributed by atoms with E-state index in [1.54, 1.807) is 43.7 Å². The summed E-state index contributed by atoms with van der Waals surface area (Å²) in [5, 5.41) is 22.1. The fraction of sp³-hybridized carbons (Fsp3) is 0.395. The quantitative estimate of drug-likeness (QED) is 0.0491. The van der Waals surface area contributed by atoms with Crippen LogP contribution in [-0.4, -0.2) is 101 Å². The number of nitrogens with zero attached hydrogens (tertiary/aromatic N) is 3. The first-order chi connectivity index (χ1) is 28.9. The summed E-state index contributed by atoms with van der Waals surface area (Å²) in [6.07, 6.45) is 10.4. The molecule has 4 heterocycles. The number of nitrogens with one attached hydrogen (secondary N) is 4. The summed E-state index contributed by atoms with van der Waals surface area (Å²) in [4.78, 5) is 93.0. The van der Waals surface area contributed by atoms with Gasteiger partial charge in [-0.15, -0.1) is 0 Å². The lowest BCUT2D eigenvalue weighted by Gasteiger charge is -2.27. The number of carbonyl (C=O) groups is 6. The maximum atomic E-state index is 13.3. The highest BCUT2D eigenvalue weighted by molar-refractivity contribution is 6.25. The van der Waals surface area contributed by atoms with E-state index < -0.39 is 47.6 Å². The first-order valence-corrected chi connectivity index (χ1v) is 20.0. The van der Waals surface area contributed by atoms with Gasteiger partial charge in [0.05, 0.1) is 30.7 Å². The van der Waals surface area contributed by atoms with Gasteiger partial charge in [0.1, 0.15) is 17.5 Å². The van der Waals surface area contributed by atoms with E-state index in [0.717, 1.165) is 53.5 Å². The van der Waals surface area contributed by atoms with Crippen molar-refractivity contribution in [1.82, 2.24) is 30.4 Å². The summed E-state index contributed by atoms with van der Waals surface area (Å²) in [6.45, 7) is 1.03. The first kappa shape index (κ1) is 43.0. The molecule has 0 saturated carbocycles. The van der Waals surface area contributed by atoms with Crippen LogP contribution in [0.3, 0.4) is 0 Å². The Balaban J connectivity index is 0.913. The molecule has 1 saturated heterocycles. The van der Waals surface area contributed by atoms with Gasteiger partial charge in [-0.3, -0.25) is 49.3 Å². The summed E-state index contributed by atoms with van der Waals surface area (Å²) in [7, 11) is 4.72. The van der Waals surface area contributed by atoms with Gasteiger partial charge in [0.2, 0.25) is 17.7 Å². The predicted octanol–water partition coefficient (Wildman–Crippen LogP) is 3.17. The third-order valence-corrected chi connectivity index (χ3v) is 10.8. The number of hydrogen-bond acceptors (Lipinski definition) is 12. The maximum absolute atomic E-state index is 13.3. The number of carboxylic acid groups (broad SMARTS) is 1. The number of anilines is 1. The summed E-state index contributed by atoms with van der Waals surface area (Å²) >= 11 is 0. The first-order valence-electron chi connectivity index (χ1n) is 20.0. The predicted molar refractivity (Wildman–Crippen MR) is 221 cm³/mol. The van der Waals surface area contributed by atoms with E-state index in [4.69, 9.17) is 9.47 Å². The lowest BCUT2D eigenvalue weighted by molar-refractivity contribution is -0.144. The van der Waals surface area contributed by atoms with Gasteiger partial charge in [-0.05, 0) is 67.0 Å². The number of aryl methyl sites for hydroxylation is 1. The van der Waals surface area contributed by atoms with Crippen LogP contribution in [0.1, 0.15) is 77.6 Å². The largest absolute Gasteiger partial charge is 0.496 e. The molecule has 2 aliphatic heterocycles. The Labute approximate surface area is 345 Å². The zero-order chi connectivity index (χ0) is 42.9. The number of rotatable bonds is 20. The number of pyridine rings is 2. The minimum Gasteiger partial charge on any atom is -0.496 e. The van der Waals surface area contributed by atoms with Crippen molar-refractivity contribution in [3.8, 4) is 22.6 Å². The number of imide groups is 2. The van der Waals surface area contributed by atoms with E-state index in [9.17, 15) is 38.7 Å². The molecule has 0 radical (unpaired) electrons. The summed E-state index contributed by atoms with van der Waals surface area (Å²) in [5.41, 5.74) is 3.01. The number of carboxylic acids is 1. The Morgan fingerprint density at radius 2 is 1.60 bits per heavy atom. The Hall–Kier alpha value is -6.62. The van der Waals surface area contributed by atoms with Gasteiger partial charge >= 0.3 is 5.97 Å². The molecule has 17 nitrogen and oxygen atoms in total. The average Bonchev–Trinajstić information content (AvgIpc) is 3.49.